The van der Waals surface area contributed by atoms with E-state index in [-0.39, 0.29) is 16.7 Å². The summed E-state index contributed by atoms with van der Waals surface area (Å²) in [7, 11) is -2.04. The summed E-state index contributed by atoms with van der Waals surface area (Å²) < 4.78 is 33.8. The van der Waals surface area contributed by atoms with Crippen LogP contribution in [0.3, 0.4) is 0 Å². The molecular weight excluding hydrogens is 352 g/mol. The number of hydrogen-bond donors (Lipinski definition) is 1. The second kappa shape index (κ2) is 8.06. The Morgan fingerprint density at radius 1 is 1.27 bits per heavy atom. The van der Waals surface area contributed by atoms with Crippen molar-refractivity contribution >= 4 is 15.9 Å². The largest absolute Gasteiger partial charge is 0.385 e. The number of likely N-dealkylation sites (tertiary alicyclic amines) is 1. The van der Waals surface area contributed by atoms with Crippen molar-refractivity contribution in [1.82, 2.24) is 9.62 Å². The van der Waals surface area contributed by atoms with E-state index in [1.54, 1.807) is 37.4 Å². The van der Waals surface area contributed by atoms with E-state index in [0.29, 0.717) is 32.5 Å². The minimum atomic E-state index is -3.64. The highest BCUT2D eigenvalue weighted by molar-refractivity contribution is 7.89. The first-order chi connectivity index (χ1) is 12.5. The summed E-state index contributed by atoms with van der Waals surface area (Å²) in [6, 6.07) is 8.38. The fourth-order valence-electron chi connectivity index (χ4n) is 4.07. The van der Waals surface area contributed by atoms with E-state index in [4.69, 9.17) is 4.74 Å². The van der Waals surface area contributed by atoms with Gasteiger partial charge in [-0.3, -0.25) is 4.79 Å². The maximum atomic E-state index is 12.8. The van der Waals surface area contributed by atoms with Crippen LogP contribution in [0.5, 0.6) is 0 Å². The Morgan fingerprint density at radius 2 is 1.96 bits per heavy atom. The zero-order valence-electron chi connectivity index (χ0n) is 15.3. The molecular formula is C19H28N2O4S. The summed E-state index contributed by atoms with van der Waals surface area (Å²) in [6.07, 6.45) is 5.29. The summed E-state index contributed by atoms with van der Waals surface area (Å²) in [4.78, 5) is 14.9. The van der Waals surface area contributed by atoms with Gasteiger partial charge in [-0.1, -0.05) is 31.0 Å². The van der Waals surface area contributed by atoms with E-state index in [0.717, 1.165) is 25.7 Å². The number of amides is 1. The van der Waals surface area contributed by atoms with Crippen LogP contribution in [0.1, 0.15) is 38.5 Å². The van der Waals surface area contributed by atoms with Gasteiger partial charge in [-0.2, -0.15) is 0 Å². The molecule has 1 aromatic rings. The molecule has 1 saturated heterocycles. The average Bonchev–Trinajstić information content (AvgIpc) is 3.31. The Hall–Kier alpha value is -1.44. The molecule has 2 aliphatic rings. The topological polar surface area (TPSA) is 75.7 Å². The SMILES string of the molecule is COCCC1(NS(=O)(=O)c2ccccc2)CCN(C(=O)C2CCCC2)C1. The van der Waals surface area contributed by atoms with Crippen molar-refractivity contribution in [3.05, 3.63) is 30.3 Å². The fraction of sp³-hybridized carbons (Fsp3) is 0.632. The van der Waals surface area contributed by atoms with Gasteiger partial charge in [0.2, 0.25) is 15.9 Å². The third-order valence-electron chi connectivity index (χ3n) is 5.56. The van der Waals surface area contributed by atoms with Gasteiger partial charge in [0.15, 0.2) is 0 Å². The van der Waals surface area contributed by atoms with Crippen LogP contribution in [0.25, 0.3) is 0 Å². The van der Waals surface area contributed by atoms with Crippen LogP contribution < -0.4 is 4.72 Å². The van der Waals surface area contributed by atoms with E-state index in [1.165, 1.54) is 0 Å². The van der Waals surface area contributed by atoms with Gasteiger partial charge in [-0.15, -0.1) is 0 Å². The molecule has 3 rings (SSSR count). The average molecular weight is 381 g/mol. The highest BCUT2D eigenvalue weighted by Gasteiger charge is 2.44. The summed E-state index contributed by atoms with van der Waals surface area (Å²) in [5, 5.41) is 0. The van der Waals surface area contributed by atoms with Crippen LogP contribution in [-0.2, 0) is 19.6 Å². The maximum Gasteiger partial charge on any atom is 0.241 e. The van der Waals surface area contributed by atoms with Crippen LogP contribution in [0, 0.1) is 5.92 Å². The second-order valence-corrected chi connectivity index (χ2v) is 9.12. The van der Waals surface area contributed by atoms with Gasteiger partial charge >= 0.3 is 0 Å². The maximum absolute atomic E-state index is 12.8. The van der Waals surface area contributed by atoms with Crippen LogP contribution >= 0.6 is 0 Å². The second-order valence-electron chi connectivity index (χ2n) is 7.43. The first-order valence-corrected chi connectivity index (χ1v) is 10.8. The third-order valence-corrected chi connectivity index (χ3v) is 7.15. The first-order valence-electron chi connectivity index (χ1n) is 9.33. The van der Waals surface area contributed by atoms with Crippen molar-refractivity contribution in [2.45, 2.75) is 49.0 Å². The molecule has 1 aliphatic heterocycles. The molecule has 0 spiro atoms. The minimum Gasteiger partial charge on any atom is -0.385 e. The van der Waals surface area contributed by atoms with Crippen molar-refractivity contribution in [2.24, 2.45) is 5.92 Å². The molecule has 0 bridgehead atoms. The quantitative estimate of drug-likeness (QED) is 0.787. The lowest BCUT2D eigenvalue weighted by Crippen LogP contribution is -2.51. The fourth-order valence-corrected chi connectivity index (χ4v) is 5.54. The molecule has 1 atom stereocenters. The van der Waals surface area contributed by atoms with Gasteiger partial charge in [-0.25, -0.2) is 13.1 Å². The van der Waals surface area contributed by atoms with E-state index in [9.17, 15) is 13.2 Å². The molecule has 1 unspecified atom stereocenters. The van der Waals surface area contributed by atoms with Crippen molar-refractivity contribution in [2.75, 3.05) is 26.8 Å². The zero-order chi connectivity index (χ0) is 18.6. The molecule has 144 valence electrons. The molecule has 1 heterocycles. The lowest BCUT2D eigenvalue weighted by molar-refractivity contribution is -0.134. The number of methoxy groups -OCH3 is 1. The van der Waals surface area contributed by atoms with Crippen molar-refractivity contribution < 1.29 is 17.9 Å². The lowest BCUT2D eigenvalue weighted by Gasteiger charge is -2.30. The number of carbonyl (C=O) groups excluding carboxylic acids is 1. The van der Waals surface area contributed by atoms with E-state index < -0.39 is 15.6 Å². The minimum absolute atomic E-state index is 0.110. The van der Waals surface area contributed by atoms with Gasteiger partial charge in [0, 0.05) is 32.7 Å². The standard InChI is InChI=1S/C19H28N2O4S/c1-25-14-12-19(20-26(23,24)17-9-3-2-4-10-17)11-13-21(15-19)18(22)16-7-5-6-8-16/h2-4,9-10,16,20H,5-8,11-15H2,1H3. The summed E-state index contributed by atoms with van der Waals surface area (Å²) in [5.41, 5.74) is -0.668. The monoisotopic (exact) mass is 380 g/mol. The molecule has 7 heteroatoms. The summed E-state index contributed by atoms with van der Waals surface area (Å²) in [6.45, 7) is 1.46. The van der Waals surface area contributed by atoms with Crippen molar-refractivity contribution in [1.29, 1.82) is 0 Å². The molecule has 26 heavy (non-hydrogen) atoms. The molecule has 1 N–H and O–H groups in total. The van der Waals surface area contributed by atoms with E-state index in [1.807, 2.05) is 4.90 Å². The van der Waals surface area contributed by atoms with E-state index >= 15 is 0 Å². The van der Waals surface area contributed by atoms with Gasteiger partial charge in [0.05, 0.1) is 10.4 Å². The summed E-state index contributed by atoms with van der Waals surface area (Å²) >= 11 is 0. The Labute approximate surface area is 156 Å². The molecule has 2 fully saturated rings. The van der Waals surface area contributed by atoms with Crippen LogP contribution in [0.4, 0.5) is 0 Å². The van der Waals surface area contributed by atoms with Gasteiger partial charge in [-0.05, 0) is 37.8 Å². The molecule has 0 aromatic heterocycles. The van der Waals surface area contributed by atoms with Gasteiger partial charge in [0.25, 0.3) is 0 Å². The van der Waals surface area contributed by atoms with Gasteiger partial charge < -0.3 is 9.64 Å². The number of sulfonamides is 1. The molecule has 1 saturated carbocycles. The zero-order valence-corrected chi connectivity index (χ0v) is 16.1. The molecule has 0 radical (unpaired) electrons. The molecule has 1 aromatic carbocycles. The molecule has 1 aliphatic carbocycles. The number of rotatable bonds is 7. The van der Waals surface area contributed by atoms with Crippen LogP contribution in [0.2, 0.25) is 0 Å². The van der Waals surface area contributed by atoms with Crippen LogP contribution in [0.15, 0.2) is 35.2 Å². The highest BCUT2D eigenvalue weighted by atomic mass is 32.2. The Morgan fingerprint density at radius 3 is 2.62 bits per heavy atom. The number of carbonyl (C=O) groups is 1. The van der Waals surface area contributed by atoms with Gasteiger partial charge in [0.1, 0.15) is 0 Å². The predicted molar refractivity (Wildman–Crippen MR) is 99.1 cm³/mol. The Bertz CT molecular complexity index is 716. The Kier molecular flexibility index (Phi) is 5.99. The Balaban J connectivity index is 1.76. The first kappa shape index (κ1) is 19.3. The normalized spacial score (nSPS) is 24.3. The number of ether oxygens (including phenoxy) is 1. The molecule has 1 amide bonds. The number of nitrogens with one attached hydrogen (secondary N) is 1. The van der Waals surface area contributed by atoms with Crippen molar-refractivity contribution in [3.8, 4) is 0 Å². The van der Waals surface area contributed by atoms with Crippen LogP contribution in [-0.4, -0.2) is 51.6 Å². The number of benzene rings is 1. The lowest BCUT2D eigenvalue weighted by atomic mass is 9.96. The molecule has 6 nitrogen and oxygen atoms in total. The number of hydrogen-bond acceptors (Lipinski definition) is 4. The summed E-state index contributed by atoms with van der Waals surface area (Å²) in [5.74, 6) is 0.291. The highest BCUT2D eigenvalue weighted by Crippen LogP contribution is 2.32. The third kappa shape index (κ3) is 4.27. The smallest absolute Gasteiger partial charge is 0.241 e. The van der Waals surface area contributed by atoms with E-state index in [2.05, 4.69) is 4.72 Å². The van der Waals surface area contributed by atoms with Crippen molar-refractivity contribution in [3.63, 3.8) is 0 Å². The number of nitrogens with zero attached hydrogens (tertiary/aromatic N) is 1. The predicted octanol–water partition coefficient (Wildman–Crippen LogP) is 2.16.